The fourth-order valence-electron chi connectivity index (χ4n) is 3.56. The number of sulfonamides is 1. The molecule has 1 heterocycles. The van der Waals surface area contributed by atoms with E-state index in [4.69, 9.17) is 11.6 Å². The van der Waals surface area contributed by atoms with Crippen molar-refractivity contribution in [3.63, 3.8) is 0 Å². The summed E-state index contributed by atoms with van der Waals surface area (Å²) in [4.78, 5) is 13.1. The van der Waals surface area contributed by atoms with Crippen LogP contribution in [0.5, 0.6) is 0 Å². The van der Waals surface area contributed by atoms with Crippen LogP contribution in [0.3, 0.4) is 0 Å². The number of aromatic nitrogens is 1. The van der Waals surface area contributed by atoms with E-state index in [0.29, 0.717) is 33.9 Å². The summed E-state index contributed by atoms with van der Waals surface area (Å²) in [6.45, 7) is 7.39. The average molecular weight is 460 g/mol. The van der Waals surface area contributed by atoms with Crippen molar-refractivity contribution in [2.24, 2.45) is 0 Å². The molecule has 1 aromatic heterocycles. The summed E-state index contributed by atoms with van der Waals surface area (Å²) in [5.41, 5.74) is 4.76. The normalized spacial score (nSPS) is 11.4. The van der Waals surface area contributed by atoms with Crippen molar-refractivity contribution in [1.29, 1.82) is 0 Å². The van der Waals surface area contributed by atoms with Gasteiger partial charge in [-0.3, -0.25) is 9.52 Å². The zero-order chi connectivity index (χ0) is 22.8. The van der Waals surface area contributed by atoms with Gasteiger partial charge in [0, 0.05) is 27.8 Å². The van der Waals surface area contributed by atoms with Crippen molar-refractivity contribution in [2.45, 2.75) is 34.1 Å². The topological polar surface area (TPSA) is 80.2 Å². The molecular formula is C23H26ClN3O3S. The molecule has 1 amide bonds. The number of hydrogen-bond donors (Lipinski definition) is 2. The molecule has 0 atom stereocenters. The van der Waals surface area contributed by atoms with Crippen LogP contribution in [0.25, 0.3) is 5.69 Å². The van der Waals surface area contributed by atoms with Crippen molar-refractivity contribution >= 4 is 38.9 Å². The maximum atomic E-state index is 13.1. The van der Waals surface area contributed by atoms with Gasteiger partial charge >= 0.3 is 0 Å². The zero-order valence-corrected chi connectivity index (χ0v) is 19.6. The summed E-state index contributed by atoms with van der Waals surface area (Å²) in [5, 5.41) is 3.54. The minimum absolute atomic E-state index is 0.0402. The van der Waals surface area contributed by atoms with E-state index in [1.54, 1.807) is 31.2 Å². The lowest BCUT2D eigenvalue weighted by Crippen LogP contribution is -2.18. The Morgan fingerprint density at radius 2 is 1.71 bits per heavy atom. The average Bonchev–Trinajstić information content (AvgIpc) is 2.99. The van der Waals surface area contributed by atoms with Crippen LogP contribution in [0, 0.1) is 20.8 Å². The van der Waals surface area contributed by atoms with Gasteiger partial charge in [0.2, 0.25) is 10.0 Å². The fraction of sp³-hybridized carbons (Fsp3) is 0.261. The predicted octanol–water partition coefficient (Wildman–Crippen LogP) is 5.46. The van der Waals surface area contributed by atoms with Crippen LogP contribution in [0.4, 0.5) is 11.4 Å². The summed E-state index contributed by atoms with van der Waals surface area (Å²) in [7, 11) is -3.42. The summed E-state index contributed by atoms with van der Waals surface area (Å²) >= 11 is 6.13. The quantitative estimate of drug-likeness (QED) is 0.492. The van der Waals surface area contributed by atoms with Crippen LogP contribution in [-0.2, 0) is 10.0 Å². The molecule has 8 heteroatoms. The second-order valence-electron chi connectivity index (χ2n) is 7.45. The molecule has 0 aliphatic heterocycles. The maximum absolute atomic E-state index is 13.1. The first-order valence-corrected chi connectivity index (χ1v) is 12.0. The molecule has 0 fully saturated rings. The van der Waals surface area contributed by atoms with Crippen LogP contribution in [0.15, 0.2) is 48.5 Å². The smallest absolute Gasteiger partial charge is 0.257 e. The zero-order valence-electron chi connectivity index (χ0n) is 18.0. The number of aryl methyl sites for hydroxylation is 1. The van der Waals surface area contributed by atoms with Crippen LogP contribution in [0.1, 0.15) is 40.7 Å². The van der Waals surface area contributed by atoms with Crippen LogP contribution >= 0.6 is 11.6 Å². The summed E-state index contributed by atoms with van der Waals surface area (Å²) in [5.74, 6) is -0.226. The Balaban J connectivity index is 1.89. The van der Waals surface area contributed by atoms with Gasteiger partial charge in [-0.2, -0.15) is 0 Å². The summed E-state index contributed by atoms with van der Waals surface area (Å²) in [6.07, 6.45) is 0.521. The standard InChI is InChI=1S/C23H26ClN3O3S/c1-5-12-31(29,30)26-22-11-7-10-21(16(22)3)25-23(28)20-13-15(2)27(17(20)4)19-9-6-8-18(24)14-19/h6-11,13-14,26H,5,12H2,1-4H3,(H,25,28). The molecule has 31 heavy (non-hydrogen) atoms. The van der Waals surface area contributed by atoms with Crippen LogP contribution in [0.2, 0.25) is 5.02 Å². The highest BCUT2D eigenvalue weighted by atomic mass is 35.5. The second-order valence-corrected chi connectivity index (χ2v) is 9.73. The number of benzene rings is 2. The molecule has 0 bridgehead atoms. The van der Waals surface area contributed by atoms with Crippen molar-refractivity contribution in [1.82, 2.24) is 4.57 Å². The highest BCUT2D eigenvalue weighted by molar-refractivity contribution is 7.92. The summed E-state index contributed by atoms with van der Waals surface area (Å²) in [6, 6.07) is 14.4. The first-order chi connectivity index (χ1) is 14.6. The third kappa shape index (κ3) is 5.11. The molecule has 2 N–H and O–H groups in total. The van der Waals surface area contributed by atoms with Crippen LogP contribution < -0.4 is 10.0 Å². The SMILES string of the molecule is CCCS(=O)(=O)Nc1cccc(NC(=O)c2cc(C)n(-c3cccc(Cl)c3)c2C)c1C. The maximum Gasteiger partial charge on any atom is 0.257 e. The molecule has 3 rings (SSSR count). The molecule has 3 aromatic rings. The van der Waals surface area contributed by atoms with Gasteiger partial charge < -0.3 is 9.88 Å². The molecule has 0 spiro atoms. The Kier molecular flexibility index (Phi) is 6.77. The first kappa shape index (κ1) is 22.9. The Bertz CT molecular complexity index is 1230. The highest BCUT2D eigenvalue weighted by Gasteiger charge is 2.19. The largest absolute Gasteiger partial charge is 0.322 e. The molecular weight excluding hydrogens is 434 g/mol. The Morgan fingerprint density at radius 3 is 2.39 bits per heavy atom. The van der Waals surface area contributed by atoms with E-state index < -0.39 is 10.0 Å². The Morgan fingerprint density at radius 1 is 1.03 bits per heavy atom. The number of carbonyl (C=O) groups is 1. The number of carbonyl (C=O) groups excluding carboxylic acids is 1. The fourth-order valence-corrected chi connectivity index (χ4v) is 4.94. The third-order valence-electron chi connectivity index (χ3n) is 5.06. The number of rotatable bonds is 7. The first-order valence-electron chi connectivity index (χ1n) is 9.99. The predicted molar refractivity (Wildman–Crippen MR) is 127 cm³/mol. The van der Waals surface area contributed by atoms with E-state index in [2.05, 4.69) is 10.0 Å². The van der Waals surface area contributed by atoms with E-state index >= 15 is 0 Å². The van der Waals surface area contributed by atoms with Gasteiger partial charge in [-0.1, -0.05) is 30.7 Å². The molecule has 0 radical (unpaired) electrons. The highest BCUT2D eigenvalue weighted by Crippen LogP contribution is 2.27. The van der Waals surface area contributed by atoms with Gasteiger partial charge in [0.15, 0.2) is 0 Å². The van der Waals surface area contributed by atoms with E-state index in [0.717, 1.165) is 17.1 Å². The minimum Gasteiger partial charge on any atom is -0.322 e. The lowest BCUT2D eigenvalue weighted by molar-refractivity contribution is 0.102. The molecule has 164 valence electrons. The number of halogens is 1. The van der Waals surface area contributed by atoms with Crippen molar-refractivity contribution in [2.75, 3.05) is 15.8 Å². The Labute approximate surface area is 188 Å². The summed E-state index contributed by atoms with van der Waals surface area (Å²) < 4.78 is 28.9. The van der Waals surface area contributed by atoms with E-state index in [9.17, 15) is 13.2 Å². The van der Waals surface area contributed by atoms with E-state index in [-0.39, 0.29) is 11.7 Å². The third-order valence-corrected chi connectivity index (χ3v) is 6.77. The van der Waals surface area contributed by atoms with Gasteiger partial charge in [0.05, 0.1) is 17.0 Å². The lowest BCUT2D eigenvalue weighted by Gasteiger charge is -2.14. The van der Waals surface area contributed by atoms with Crippen LogP contribution in [-0.4, -0.2) is 24.6 Å². The number of nitrogens with one attached hydrogen (secondary N) is 2. The molecule has 0 aliphatic carbocycles. The van der Waals surface area contributed by atoms with E-state index in [1.165, 1.54) is 0 Å². The van der Waals surface area contributed by atoms with Gasteiger partial charge in [-0.15, -0.1) is 0 Å². The molecule has 2 aromatic carbocycles. The molecule has 0 aliphatic rings. The number of nitrogens with zero attached hydrogens (tertiary/aromatic N) is 1. The van der Waals surface area contributed by atoms with Crippen molar-refractivity contribution < 1.29 is 13.2 Å². The molecule has 0 unspecified atom stereocenters. The minimum atomic E-state index is -3.42. The lowest BCUT2D eigenvalue weighted by atomic mass is 10.1. The number of hydrogen-bond acceptors (Lipinski definition) is 3. The molecule has 0 saturated carbocycles. The van der Waals surface area contributed by atoms with Gasteiger partial charge in [-0.25, -0.2) is 8.42 Å². The van der Waals surface area contributed by atoms with Gasteiger partial charge in [0.1, 0.15) is 0 Å². The number of anilines is 2. The second kappa shape index (κ2) is 9.16. The molecule has 0 saturated heterocycles. The number of amides is 1. The van der Waals surface area contributed by atoms with Crippen molar-refractivity contribution in [3.05, 3.63) is 76.1 Å². The van der Waals surface area contributed by atoms with Gasteiger partial charge in [-0.05, 0) is 69.2 Å². The van der Waals surface area contributed by atoms with Crippen molar-refractivity contribution in [3.8, 4) is 5.69 Å². The molecule has 6 nitrogen and oxygen atoms in total. The Hall–Kier alpha value is -2.77. The van der Waals surface area contributed by atoms with E-state index in [1.807, 2.05) is 49.6 Å². The monoisotopic (exact) mass is 459 g/mol. The van der Waals surface area contributed by atoms with Gasteiger partial charge in [0.25, 0.3) is 5.91 Å².